The lowest BCUT2D eigenvalue weighted by Gasteiger charge is -2.17. The smallest absolute Gasteiger partial charge is 0.347 e. The molecule has 0 aromatic rings. The molecule has 0 heterocycles. The van der Waals surface area contributed by atoms with Gasteiger partial charge in [0.2, 0.25) is 0 Å². The zero-order valence-corrected chi connectivity index (χ0v) is 9.45. The molecule has 1 fully saturated rings. The molecule has 5 heteroatoms. The Morgan fingerprint density at radius 2 is 1.71 bits per heavy atom. The fraction of sp³-hybridized carbons (Fsp3) is 0.889. The summed E-state index contributed by atoms with van der Waals surface area (Å²) in [5.41, 5.74) is 0. The lowest BCUT2D eigenvalue weighted by Crippen LogP contribution is -2.42. The zero-order chi connectivity index (χ0) is 10.6. The first-order chi connectivity index (χ1) is 6.50. The molecule has 1 amide bonds. The third-order valence-electron chi connectivity index (χ3n) is 2.45. The second-order valence-electron chi connectivity index (χ2n) is 3.66. The predicted molar refractivity (Wildman–Crippen MR) is 53.5 cm³/mol. The number of hydrogen-bond donors (Lipinski definition) is 1. The average Bonchev–Trinajstić information content (AvgIpc) is 2.31. The third kappa shape index (κ3) is 3.90. The number of carbonyl (C=O) groups excluding carboxylic acids is 1. The van der Waals surface area contributed by atoms with Crippen LogP contribution in [-0.2, 0) is 4.79 Å². The van der Waals surface area contributed by atoms with Crippen LogP contribution in [0.1, 0.15) is 38.5 Å². The molecule has 0 aromatic carbocycles. The molecule has 1 saturated carbocycles. The Morgan fingerprint density at radius 1 is 1.21 bits per heavy atom. The van der Waals surface area contributed by atoms with Gasteiger partial charge in [-0.15, -0.1) is 0 Å². The molecular formula is C9H14BrF2NO. The number of rotatable bonds is 2. The minimum absolute atomic E-state index is 0.0755. The molecular weight excluding hydrogens is 256 g/mol. The van der Waals surface area contributed by atoms with Gasteiger partial charge in [-0.05, 0) is 12.8 Å². The quantitative estimate of drug-likeness (QED) is 0.606. The summed E-state index contributed by atoms with van der Waals surface area (Å²) in [5.74, 6) is -1.22. The van der Waals surface area contributed by atoms with Crippen molar-refractivity contribution in [2.45, 2.75) is 49.4 Å². The molecule has 1 aliphatic carbocycles. The second-order valence-corrected chi connectivity index (χ2v) is 4.66. The molecule has 2 nitrogen and oxygen atoms in total. The molecule has 0 aromatic heterocycles. The summed E-state index contributed by atoms with van der Waals surface area (Å²) < 4.78 is 25.0. The number of alkyl halides is 3. The Kier molecular flexibility index (Phi) is 4.29. The lowest BCUT2D eigenvalue weighted by atomic mass is 10.1. The van der Waals surface area contributed by atoms with Gasteiger partial charge in [0, 0.05) is 22.0 Å². The van der Waals surface area contributed by atoms with Crippen LogP contribution in [-0.4, -0.2) is 16.8 Å². The molecule has 0 bridgehead atoms. The van der Waals surface area contributed by atoms with E-state index in [0.29, 0.717) is 0 Å². The highest BCUT2D eigenvalue weighted by Gasteiger charge is 2.36. The second kappa shape index (κ2) is 5.05. The highest BCUT2D eigenvalue weighted by atomic mass is 79.9. The van der Waals surface area contributed by atoms with Gasteiger partial charge in [-0.1, -0.05) is 25.7 Å². The molecule has 0 saturated heterocycles. The summed E-state index contributed by atoms with van der Waals surface area (Å²) in [4.78, 5) is 7.51. The van der Waals surface area contributed by atoms with E-state index in [1.54, 1.807) is 0 Å². The molecule has 1 aliphatic rings. The van der Waals surface area contributed by atoms with Crippen molar-refractivity contribution < 1.29 is 13.6 Å². The van der Waals surface area contributed by atoms with Crippen molar-refractivity contribution in [3.05, 3.63) is 0 Å². The first-order valence-corrected chi connectivity index (χ1v) is 5.67. The van der Waals surface area contributed by atoms with Gasteiger partial charge >= 0.3 is 10.7 Å². The minimum atomic E-state index is -3.43. The van der Waals surface area contributed by atoms with Gasteiger partial charge in [-0.3, -0.25) is 4.79 Å². The van der Waals surface area contributed by atoms with Crippen LogP contribution in [0.4, 0.5) is 8.78 Å². The van der Waals surface area contributed by atoms with Gasteiger partial charge in [0.25, 0.3) is 0 Å². The predicted octanol–water partition coefficient (Wildman–Crippen LogP) is 2.81. The van der Waals surface area contributed by atoms with E-state index < -0.39 is 10.7 Å². The molecule has 0 unspecified atom stereocenters. The zero-order valence-electron chi connectivity index (χ0n) is 7.86. The van der Waals surface area contributed by atoms with E-state index in [0.717, 1.165) is 38.5 Å². The van der Waals surface area contributed by atoms with Crippen molar-refractivity contribution in [1.82, 2.24) is 5.32 Å². The molecule has 1 rings (SSSR count). The highest BCUT2D eigenvalue weighted by Crippen LogP contribution is 2.23. The Balaban J connectivity index is 2.38. The number of halogens is 3. The van der Waals surface area contributed by atoms with E-state index in [-0.39, 0.29) is 6.04 Å². The summed E-state index contributed by atoms with van der Waals surface area (Å²) in [6.45, 7) is 0. The standard InChI is InChI=1S/C9H14BrF2NO/c10-9(11,12)8(14)13-7-5-3-1-2-4-6-7/h7H,1-6H2,(H,13,14). The van der Waals surface area contributed by atoms with Crippen LogP contribution in [0.2, 0.25) is 0 Å². The first-order valence-electron chi connectivity index (χ1n) is 4.88. The van der Waals surface area contributed by atoms with Gasteiger partial charge in [-0.25, -0.2) is 0 Å². The van der Waals surface area contributed by atoms with E-state index in [4.69, 9.17) is 0 Å². The van der Waals surface area contributed by atoms with Crippen LogP contribution in [0.25, 0.3) is 0 Å². The van der Waals surface area contributed by atoms with Gasteiger partial charge in [0.15, 0.2) is 0 Å². The van der Waals surface area contributed by atoms with Crippen molar-refractivity contribution >= 4 is 21.8 Å². The van der Waals surface area contributed by atoms with Crippen LogP contribution in [0.15, 0.2) is 0 Å². The van der Waals surface area contributed by atoms with Crippen LogP contribution in [0.5, 0.6) is 0 Å². The van der Waals surface area contributed by atoms with E-state index >= 15 is 0 Å². The average molecular weight is 270 g/mol. The summed E-state index contributed by atoms with van der Waals surface area (Å²) in [7, 11) is 0. The third-order valence-corrected chi connectivity index (χ3v) is 2.81. The van der Waals surface area contributed by atoms with Crippen molar-refractivity contribution in [1.29, 1.82) is 0 Å². The molecule has 1 N–H and O–H groups in total. The van der Waals surface area contributed by atoms with E-state index in [9.17, 15) is 13.6 Å². The van der Waals surface area contributed by atoms with Gasteiger partial charge in [0.1, 0.15) is 0 Å². The summed E-state index contributed by atoms with van der Waals surface area (Å²) in [6.07, 6.45) is 5.93. The first kappa shape index (κ1) is 11.9. The van der Waals surface area contributed by atoms with Crippen LogP contribution >= 0.6 is 15.9 Å². The minimum Gasteiger partial charge on any atom is -0.347 e. The Bertz CT molecular complexity index is 197. The lowest BCUT2D eigenvalue weighted by molar-refractivity contribution is -0.135. The molecule has 0 radical (unpaired) electrons. The maximum atomic E-state index is 12.5. The van der Waals surface area contributed by atoms with Crippen LogP contribution in [0.3, 0.4) is 0 Å². The number of nitrogens with one attached hydrogen (secondary N) is 1. The highest BCUT2D eigenvalue weighted by molar-refractivity contribution is 9.10. The molecule has 14 heavy (non-hydrogen) atoms. The van der Waals surface area contributed by atoms with Gasteiger partial charge < -0.3 is 5.32 Å². The van der Waals surface area contributed by atoms with Crippen molar-refractivity contribution in [2.24, 2.45) is 0 Å². The number of hydrogen-bond acceptors (Lipinski definition) is 1. The monoisotopic (exact) mass is 269 g/mol. The maximum absolute atomic E-state index is 12.5. The van der Waals surface area contributed by atoms with Crippen molar-refractivity contribution in [2.75, 3.05) is 0 Å². The van der Waals surface area contributed by atoms with Crippen molar-refractivity contribution in [3.8, 4) is 0 Å². The van der Waals surface area contributed by atoms with E-state index in [1.165, 1.54) is 0 Å². The fourth-order valence-electron chi connectivity index (χ4n) is 1.69. The fourth-order valence-corrected chi connectivity index (χ4v) is 1.81. The summed E-state index contributed by atoms with van der Waals surface area (Å²) in [6, 6.07) is -0.0755. The van der Waals surface area contributed by atoms with Crippen LogP contribution < -0.4 is 5.32 Å². The maximum Gasteiger partial charge on any atom is 0.377 e. The van der Waals surface area contributed by atoms with Crippen molar-refractivity contribution in [3.63, 3.8) is 0 Å². The number of amides is 1. The SMILES string of the molecule is O=C(NC1CCCCCC1)C(F)(F)Br. The number of carbonyl (C=O) groups is 1. The molecule has 82 valence electrons. The Morgan fingerprint density at radius 3 is 2.14 bits per heavy atom. The van der Waals surface area contributed by atoms with Gasteiger partial charge in [0.05, 0.1) is 0 Å². The molecule has 0 atom stereocenters. The van der Waals surface area contributed by atoms with E-state index in [2.05, 4.69) is 5.32 Å². The summed E-state index contributed by atoms with van der Waals surface area (Å²) in [5, 5.41) is 2.36. The summed E-state index contributed by atoms with van der Waals surface area (Å²) >= 11 is 2.04. The normalized spacial score (nSPS) is 20.2. The molecule has 0 spiro atoms. The van der Waals surface area contributed by atoms with Gasteiger partial charge in [-0.2, -0.15) is 8.78 Å². The largest absolute Gasteiger partial charge is 0.377 e. The topological polar surface area (TPSA) is 29.1 Å². The van der Waals surface area contributed by atoms with Crippen LogP contribution in [0, 0.1) is 0 Å². The Hall–Kier alpha value is -0.190. The Labute approximate surface area is 90.6 Å². The molecule has 0 aliphatic heterocycles. The van der Waals surface area contributed by atoms with E-state index in [1.807, 2.05) is 15.9 Å².